The van der Waals surface area contributed by atoms with Crippen LogP contribution in [-0.4, -0.2) is 42.4 Å². The van der Waals surface area contributed by atoms with Crippen LogP contribution >= 0.6 is 0 Å². The summed E-state index contributed by atoms with van der Waals surface area (Å²) in [7, 11) is 1.50. The molecule has 2 rings (SSSR count). The third-order valence-corrected chi connectivity index (χ3v) is 3.12. The van der Waals surface area contributed by atoms with Crippen molar-refractivity contribution in [3.05, 3.63) is 30.1 Å². The number of carbonyl (C=O) groups excluding carboxylic acids is 1. The highest BCUT2D eigenvalue weighted by Gasteiger charge is 2.11. The quantitative estimate of drug-likeness (QED) is 0.745. The number of hydrogen-bond donors (Lipinski definition) is 1. The van der Waals surface area contributed by atoms with E-state index in [0.29, 0.717) is 26.3 Å². The molecule has 6 heteroatoms. The van der Waals surface area contributed by atoms with Crippen LogP contribution in [0.3, 0.4) is 0 Å². The Balaban J connectivity index is 2.16. The van der Waals surface area contributed by atoms with Crippen molar-refractivity contribution in [1.29, 1.82) is 0 Å². The Morgan fingerprint density at radius 3 is 2.95 bits per heavy atom. The molecule has 0 bridgehead atoms. The summed E-state index contributed by atoms with van der Waals surface area (Å²) in [4.78, 5) is 16.1. The lowest BCUT2D eigenvalue weighted by atomic mass is 10.3. The van der Waals surface area contributed by atoms with Gasteiger partial charge >= 0.3 is 0 Å². The molecule has 0 radical (unpaired) electrons. The number of benzene rings is 1. The molecule has 1 aromatic heterocycles. The van der Waals surface area contributed by atoms with Crippen LogP contribution in [0.2, 0.25) is 0 Å². The van der Waals surface area contributed by atoms with E-state index < -0.39 is 0 Å². The second-order valence-corrected chi connectivity index (χ2v) is 4.58. The second kappa shape index (κ2) is 7.75. The molecular weight excluding hydrogens is 270 g/mol. The molecule has 21 heavy (non-hydrogen) atoms. The second-order valence-electron chi connectivity index (χ2n) is 4.58. The smallest absolute Gasteiger partial charge is 0.246 e. The van der Waals surface area contributed by atoms with E-state index in [2.05, 4.69) is 14.9 Å². The van der Waals surface area contributed by atoms with Crippen LogP contribution in [0.15, 0.2) is 24.3 Å². The molecule has 1 heterocycles. The third kappa shape index (κ3) is 4.03. The summed E-state index contributed by atoms with van der Waals surface area (Å²) in [5.41, 5.74) is 1.97. The fourth-order valence-electron chi connectivity index (χ4n) is 2.17. The maximum atomic E-state index is 11.5. The van der Waals surface area contributed by atoms with Crippen molar-refractivity contribution in [3.63, 3.8) is 0 Å². The summed E-state index contributed by atoms with van der Waals surface area (Å²) < 4.78 is 12.3. The molecule has 0 atom stereocenters. The number of imidazole rings is 1. The molecule has 0 aliphatic heterocycles. The number of methoxy groups -OCH3 is 1. The molecule has 0 saturated carbocycles. The Morgan fingerprint density at radius 1 is 1.38 bits per heavy atom. The van der Waals surface area contributed by atoms with Crippen molar-refractivity contribution >= 4 is 16.9 Å². The molecule has 0 aliphatic carbocycles. The normalized spacial score (nSPS) is 11.0. The van der Waals surface area contributed by atoms with E-state index in [1.165, 1.54) is 7.11 Å². The lowest BCUT2D eigenvalue weighted by molar-refractivity contribution is -0.124. The highest BCUT2D eigenvalue weighted by Crippen LogP contribution is 2.15. The highest BCUT2D eigenvalue weighted by atomic mass is 16.5. The summed E-state index contributed by atoms with van der Waals surface area (Å²) in [5.74, 6) is 0.668. The van der Waals surface area contributed by atoms with Crippen LogP contribution in [0, 0.1) is 0 Å². The van der Waals surface area contributed by atoms with Crippen LogP contribution in [0.25, 0.3) is 11.0 Å². The minimum Gasteiger partial charge on any atom is -0.380 e. The number of carbonyl (C=O) groups is 1. The van der Waals surface area contributed by atoms with Gasteiger partial charge in [-0.3, -0.25) is 4.79 Å². The highest BCUT2D eigenvalue weighted by molar-refractivity contribution is 5.78. The van der Waals surface area contributed by atoms with Gasteiger partial charge in [0.25, 0.3) is 0 Å². The van der Waals surface area contributed by atoms with Crippen LogP contribution in [0.5, 0.6) is 0 Å². The Bertz CT molecular complexity index is 595. The van der Waals surface area contributed by atoms with Gasteiger partial charge in [0.1, 0.15) is 12.4 Å². The zero-order valence-electron chi connectivity index (χ0n) is 12.5. The van der Waals surface area contributed by atoms with Crippen molar-refractivity contribution in [2.24, 2.45) is 0 Å². The lowest BCUT2D eigenvalue weighted by Crippen LogP contribution is -2.28. The minimum absolute atomic E-state index is 0.0547. The van der Waals surface area contributed by atoms with E-state index in [0.717, 1.165) is 16.9 Å². The van der Waals surface area contributed by atoms with Crippen molar-refractivity contribution in [3.8, 4) is 0 Å². The Morgan fingerprint density at radius 2 is 2.19 bits per heavy atom. The molecule has 0 fully saturated rings. The van der Waals surface area contributed by atoms with Gasteiger partial charge in [0.15, 0.2) is 0 Å². The number of hydrogen-bond acceptors (Lipinski definition) is 4. The molecule has 114 valence electrons. The van der Waals surface area contributed by atoms with E-state index in [-0.39, 0.29) is 12.5 Å². The van der Waals surface area contributed by atoms with Gasteiger partial charge in [-0.2, -0.15) is 0 Å². The fraction of sp³-hybridized carbons (Fsp3) is 0.467. The molecule has 0 aliphatic rings. The molecule has 0 saturated heterocycles. The Hall–Kier alpha value is -1.92. The van der Waals surface area contributed by atoms with Crippen LogP contribution in [0.1, 0.15) is 12.7 Å². The summed E-state index contributed by atoms with van der Waals surface area (Å²) in [5, 5.41) is 2.80. The van der Waals surface area contributed by atoms with Gasteiger partial charge < -0.3 is 19.4 Å². The lowest BCUT2D eigenvalue weighted by Gasteiger charge is -2.10. The van der Waals surface area contributed by atoms with Gasteiger partial charge in [-0.25, -0.2) is 4.98 Å². The maximum Gasteiger partial charge on any atom is 0.246 e. The molecule has 2 aromatic rings. The minimum atomic E-state index is -0.152. The molecule has 0 unspecified atom stereocenters. The zero-order chi connectivity index (χ0) is 15.1. The van der Waals surface area contributed by atoms with Crippen LogP contribution in [-0.2, 0) is 27.4 Å². The zero-order valence-corrected chi connectivity index (χ0v) is 12.5. The Labute approximate surface area is 124 Å². The number of para-hydroxylation sites is 2. The van der Waals surface area contributed by atoms with Gasteiger partial charge in [0.05, 0.1) is 24.2 Å². The fourth-order valence-corrected chi connectivity index (χ4v) is 2.17. The van der Waals surface area contributed by atoms with Crippen LogP contribution in [0.4, 0.5) is 0 Å². The topological polar surface area (TPSA) is 65.4 Å². The molecule has 0 spiro atoms. The van der Waals surface area contributed by atoms with Gasteiger partial charge in [0.2, 0.25) is 5.91 Å². The van der Waals surface area contributed by atoms with Crippen molar-refractivity contribution in [2.45, 2.75) is 20.0 Å². The van der Waals surface area contributed by atoms with E-state index in [1.54, 1.807) is 0 Å². The van der Waals surface area contributed by atoms with Gasteiger partial charge in [0, 0.05) is 20.3 Å². The number of fused-ring (bicyclic) bond motifs is 1. The number of nitrogens with zero attached hydrogens (tertiary/aromatic N) is 2. The summed E-state index contributed by atoms with van der Waals surface area (Å²) in [6, 6.07) is 7.92. The average Bonchev–Trinajstić information content (AvgIpc) is 2.84. The van der Waals surface area contributed by atoms with Gasteiger partial charge in [-0.15, -0.1) is 0 Å². The first kappa shape index (κ1) is 15.5. The number of aromatic nitrogens is 2. The van der Waals surface area contributed by atoms with Crippen molar-refractivity contribution in [1.82, 2.24) is 14.9 Å². The number of rotatable bonds is 8. The number of amides is 1. The SMILES string of the molecule is CCOCCn1c(CNC(=O)COC)nc2ccccc21. The molecule has 1 aromatic carbocycles. The standard InChI is InChI=1S/C15H21N3O3/c1-3-21-9-8-18-13-7-5-4-6-12(13)17-14(18)10-16-15(19)11-20-2/h4-7H,3,8-11H2,1-2H3,(H,16,19). The van der Waals surface area contributed by atoms with E-state index in [9.17, 15) is 4.79 Å². The molecule has 1 N–H and O–H groups in total. The first-order valence-corrected chi connectivity index (χ1v) is 7.03. The van der Waals surface area contributed by atoms with Gasteiger partial charge in [-0.1, -0.05) is 12.1 Å². The van der Waals surface area contributed by atoms with Crippen molar-refractivity contribution in [2.75, 3.05) is 26.9 Å². The predicted octanol–water partition coefficient (Wildman–Crippen LogP) is 1.34. The Kier molecular flexibility index (Phi) is 5.71. The summed E-state index contributed by atoms with van der Waals surface area (Å²) in [6.45, 7) is 4.42. The van der Waals surface area contributed by atoms with E-state index in [1.807, 2.05) is 31.2 Å². The van der Waals surface area contributed by atoms with Crippen LogP contribution < -0.4 is 5.32 Å². The third-order valence-electron chi connectivity index (χ3n) is 3.12. The molecular formula is C15H21N3O3. The predicted molar refractivity (Wildman–Crippen MR) is 79.9 cm³/mol. The average molecular weight is 291 g/mol. The van der Waals surface area contributed by atoms with E-state index in [4.69, 9.17) is 9.47 Å². The first-order valence-electron chi connectivity index (χ1n) is 7.03. The maximum absolute atomic E-state index is 11.5. The van der Waals surface area contributed by atoms with Crippen molar-refractivity contribution < 1.29 is 14.3 Å². The number of ether oxygens (including phenoxy) is 2. The molecule has 6 nitrogen and oxygen atoms in total. The molecule has 1 amide bonds. The summed E-state index contributed by atoms with van der Waals surface area (Å²) >= 11 is 0. The first-order chi connectivity index (χ1) is 10.3. The summed E-state index contributed by atoms with van der Waals surface area (Å²) in [6.07, 6.45) is 0. The largest absolute Gasteiger partial charge is 0.380 e. The van der Waals surface area contributed by atoms with E-state index >= 15 is 0 Å². The number of nitrogens with one attached hydrogen (secondary N) is 1. The monoisotopic (exact) mass is 291 g/mol. The van der Waals surface area contributed by atoms with Gasteiger partial charge in [-0.05, 0) is 19.1 Å².